The lowest BCUT2D eigenvalue weighted by Crippen LogP contribution is -2.68. The average molecular weight is 543 g/mol. The van der Waals surface area contributed by atoms with E-state index < -0.39 is 47.4 Å². The van der Waals surface area contributed by atoms with E-state index in [9.17, 15) is 36.6 Å². The molecular formula is C27H24F6O3S. The molecule has 0 radical (unpaired) electrons. The fourth-order valence-corrected chi connectivity index (χ4v) is 6.08. The minimum atomic E-state index is -5.68. The number of aliphatic hydroxyl groups is 2. The Morgan fingerprint density at radius 1 is 0.811 bits per heavy atom. The van der Waals surface area contributed by atoms with E-state index in [1.807, 2.05) is 6.92 Å². The zero-order valence-electron chi connectivity index (χ0n) is 19.5. The molecule has 10 heteroatoms. The first kappa shape index (κ1) is 27.5. The van der Waals surface area contributed by atoms with Gasteiger partial charge >= 0.3 is 12.4 Å². The van der Waals surface area contributed by atoms with Gasteiger partial charge in [-0.3, -0.25) is 0 Å². The van der Waals surface area contributed by atoms with E-state index in [1.165, 1.54) is 24.3 Å². The highest BCUT2D eigenvalue weighted by molar-refractivity contribution is 7.99. The van der Waals surface area contributed by atoms with Crippen LogP contribution in [0.5, 0.6) is 0 Å². The number of aryl methyl sites for hydroxylation is 1. The molecule has 1 fully saturated rings. The molecule has 0 aromatic heterocycles. The number of halogens is 6. The van der Waals surface area contributed by atoms with Gasteiger partial charge in [-0.15, -0.1) is 11.8 Å². The third-order valence-corrected chi connectivity index (χ3v) is 7.89. The fraction of sp³-hybridized carbons (Fsp3) is 0.333. The normalized spacial score (nSPS) is 27.6. The molecule has 3 aromatic rings. The Hall–Kier alpha value is -2.53. The van der Waals surface area contributed by atoms with Crippen molar-refractivity contribution >= 4 is 11.8 Å². The van der Waals surface area contributed by atoms with Crippen molar-refractivity contribution in [3.63, 3.8) is 0 Å². The van der Waals surface area contributed by atoms with Crippen molar-refractivity contribution in [3.05, 3.63) is 102 Å². The minimum absolute atomic E-state index is 0.103. The van der Waals surface area contributed by atoms with E-state index in [2.05, 4.69) is 4.74 Å². The maximum absolute atomic E-state index is 14.6. The summed E-state index contributed by atoms with van der Waals surface area (Å²) in [7, 11) is 0. The molecule has 0 unspecified atom stereocenters. The second-order valence-corrected chi connectivity index (χ2v) is 10.3. The second-order valence-electron chi connectivity index (χ2n) is 9.09. The summed E-state index contributed by atoms with van der Waals surface area (Å²) < 4.78 is 89.9. The lowest BCUT2D eigenvalue weighted by molar-refractivity contribution is -0.501. The molecule has 5 atom stereocenters. The van der Waals surface area contributed by atoms with Crippen LogP contribution in [-0.4, -0.2) is 34.1 Å². The molecule has 0 amide bonds. The largest absolute Gasteiger partial charge is 0.443 e. The topological polar surface area (TPSA) is 49.7 Å². The fourth-order valence-electron chi connectivity index (χ4n) is 4.68. The van der Waals surface area contributed by atoms with Crippen LogP contribution in [0, 0.1) is 12.8 Å². The highest BCUT2D eigenvalue weighted by Crippen LogP contribution is 2.62. The molecule has 3 aromatic carbocycles. The Labute approximate surface area is 214 Å². The Bertz CT molecular complexity index is 1190. The summed E-state index contributed by atoms with van der Waals surface area (Å²) >= 11 is 0.979. The molecule has 198 valence electrons. The van der Waals surface area contributed by atoms with Gasteiger partial charge in [0.2, 0.25) is 0 Å². The molecule has 2 N–H and O–H groups in total. The molecule has 37 heavy (non-hydrogen) atoms. The van der Waals surface area contributed by atoms with Gasteiger partial charge in [0.15, 0.2) is 0 Å². The van der Waals surface area contributed by atoms with Gasteiger partial charge < -0.3 is 14.9 Å². The number of alkyl halides is 6. The smallest absolute Gasteiger partial charge is 0.358 e. The van der Waals surface area contributed by atoms with Crippen LogP contribution in [0.3, 0.4) is 0 Å². The zero-order valence-corrected chi connectivity index (χ0v) is 20.3. The summed E-state index contributed by atoms with van der Waals surface area (Å²) in [4.78, 5) is 0.549. The summed E-state index contributed by atoms with van der Waals surface area (Å²) in [5.74, 6) is -12.1. The molecular weight excluding hydrogens is 518 g/mol. The van der Waals surface area contributed by atoms with Gasteiger partial charge in [0, 0.05) is 22.5 Å². The van der Waals surface area contributed by atoms with Crippen molar-refractivity contribution in [2.24, 2.45) is 5.92 Å². The third kappa shape index (κ3) is 5.38. The van der Waals surface area contributed by atoms with Crippen molar-refractivity contribution < 1.29 is 41.3 Å². The van der Waals surface area contributed by atoms with Crippen LogP contribution in [0.25, 0.3) is 0 Å². The molecule has 1 heterocycles. The summed E-state index contributed by atoms with van der Waals surface area (Å²) in [6.45, 7) is 1.84. The number of thioether (sulfide) groups is 1. The lowest BCUT2D eigenvalue weighted by Gasteiger charge is -2.53. The molecule has 0 aliphatic carbocycles. The molecule has 1 saturated heterocycles. The van der Waals surface area contributed by atoms with Gasteiger partial charge in [0.25, 0.3) is 11.6 Å². The average Bonchev–Trinajstić information content (AvgIpc) is 2.83. The van der Waals surface area contributed by atoms with E-state index in [0.717, 1.165) is 17.3 Å². The zero-order chi connectivity index (χ0) is 27.1. The minimum Gasteiger partial charge on any atom is -0.358 e. The van der Waals surface area contributed by atoms with Crippen LogP contribution in [0.4, 0.5) is 26.3 Å². The maximum atomic E-state index is 14.6. The molecule has 0 saturated carbocycles. The number of hydrogen-bond acceptors (Lipinski definition) is 4. The van der Waals surface area contributed by atoms with Crippen molar-refractivity contribution in [1.82, 2.24) is 0 Å². The number of hydrogen-bond donors (Lipinski definition) is 2. The summed E-state index contributed by atoms with van der Waals surface area (Å²) in [5.41, 5.74) is 1.36. The first-order chi connectivity index (χ1) is 17.3. The van der Waals surface area contributed by atoms with Crippen molar-refractivity contribution in [2.75, 3.05) is 0 Å². The van der Waals surface area contributed by atoms with Gasteiger partial charge in [-0.2, -0.15) is 26.3 Å². The summed E-state index contributed by atoms with van der Waals surface area (Å²) in [6.07, 6.45) is -12.5. The van der Waals surface area contributed by atoms with Crippen LogP contribution in [0.15, 0.2) is 89.8 Å². The van der Waals surface area contributed by atoms with Crippen LogP contribution < -0.4 is 0 Å². The highest BCUT2D eigenvalue weighted by atomic mass is 32.2. The van der Waals surface area contributed by atoms with Crippen molar-refractivity contribution in [2.45, 2.75) is 53.3 Å². The second kappa shape index (κ2) is 9.98. The maximum Gasteiger partial charge on any atom is 0.443 e. The molecule has 0 bridgehead atoms. The van der Waals surface area contributed by atoms with Crippen LogP contribution in [0.1, 0.15) is 34.3 Å². The highest BCUT2D eigenvalue weighted by Gasteiger charge is 2.74. The first-order valence-corrected chi connectivity index (χ1v) is 12.2. The molecule has 0 spiro atoms. The Balaban J connectivity index is 1.96. The van der Waals surface area contributed by atoms with Gasteiger partial charge in [0.1, 0.15) is 0 Å². The molecule has 4 rings (SSSR count). The van der Waals surface area contributed by atoms with E-state index in [4.69, 9.17) is 0 Å². The monoisotopic (exact) mass is 542 g/mol. The van der Waals surface area contributed by atoms with Crippen LogP contribution in [-0.2, 0) is 4.74 Å². The first-order valence-electron chi connectivity index (χ1n) is 11.4. The molecule has 1 aliphatic rings. The van der Waals surface area contributed by atoms with E-state index in [0.29, 0.717) is 10.5 Å². The van der Waals surface area contributed by atoms with Crippen molar-refractivity contribution in [1.29, 1.82) is 0 Å². The van der Waals surface area contributed by atoms with Gasteiger partial charge in [-0.1, -0.05) is 78.4 Å². The standard InChI is InChI=1S/C27H24F6O3S/c1-17-12-14-20(15-13-17)37-23(19-10-6-3-7-11-19)22-21(18-8-4-2-5-9-18)16-24(34,26(28,29)30)36-25(22,35)27(31,32)33/h2-15,21-23,34-35H,16H2,1H3/t21-,22-,23+,24+,25-/m0/s1. The Morgan fingerprint density at radius 2 is 1.35 bits per heavy atom. The third-order valence-electron chi connectivity index (χ3n) is 6.52. The van der Waals surface area contributed by atoms with E-state index in [1.54, 1.807) is 60.7 Å². The van der Waals surface area contributed by atoms with E-state index >= 15 is 0 Å². The number of ether oxygens (including phenoxy) is 1. The predicted octanol–water partition coefficient (Wildman–Crippen LogP) is 7.15. The SMILES string of the molecule is Cc1ccc(S[C@H](c2ccccc2)[C@@H]2[C@H](c3ccccc3)C[C@](O)(C(F)(F)F)O[C@]2(O)C(F)(F)F)cc1. The predicted molar refractivity (Wildman–Crippen MR) is 127 cm³/mol. The number of benzene rings is 3. The summed E-state index contributed by atoms with van der Waals surface area (Å²) in [6, 6.07) is 22.1. The lowest BCUT2D eigenvalue weighted by atomic mass is 9.70. The Kier molecular flexibility index (Phi) is 7.42. The molecule has 1 aliphatic heterocycles. The van der Waals surface area contributed by atoms with Crippen LogP contribution >= 0.6 is 11.8 Å². The number of rotatable bonds is 5. The van der Waals surface area contributed by atoms with E-state index in [-0.39, 0.29) is 5.56 Å². The summed E-state index contributed by atoms with van der Waals surface area (Å²) in [5, 5.41) is 20.3. The van der Waals surface area contributed by atoms with Gasteiger partial charge in [-0.05, 0) is 36.1 Å². The van der Waals surface area contributed by atoms with Gasteiger partial charge in [0.05, 0.1) is 0 Å². The van der Waals surface area contributed by atoms with Gasteiger partial charge in [-0.25, -0.2) is 0 Å². The van der Waals surface area contributed by atoms with Crippen LogP contribution in [0.2, 0.25) is 0 Å². The quantitative estimate of drug-likeness (QED) is 0.266. The Morgan fingerprint density at radius 3 is 1.86 bits per heavy atom. The molecule has 3 nitrogen and oxygen atoms in total. The van der Waals surface area contributed by atoms with Crippen molar-refractivity contribution in [3.8, 4) is 0 Å².